The molecule has 2 heterocycles. The van der Waals surface area contributed by atoms with E-state index in [4.69, 9.17) is 0 Å². The van der Waals surface area contributed by atoms with Crippen molar-refractivity contribution >= 4 is 39.0 Å². The second-order valence-electron chi connectivity index (χ2n) is 5.07. The highest BCUT2D eigenvalue weighted by Gasteiger charge is 2.15. The van der Waals surface area contributed by atoms with Crippen LogP contribution in [-0.2, 0) is 12.2 Å². The van der Waals surface area contributed by atoms with Gasteiger partial charge < -0.3 is 0 Å². The van der Waals surface area contributed by atoms with Crippen LogP contribution in [0.3, 0.4) is 0 Å². The van der Waals surface area contributed by atoms with E-state index < -0.39 is 0 Å². The van der Waals surface area contributed by atoms with Crippen LogP contribution < -0.4 is 0 Å². The van der Waals surface area contributed by atoms with Crippen molar-refractivity contribution in [3.8, 4) is 16.6 Å². The van der Waals surface area contributed by atoms with Crippen molar-refractivity contribution in [2.24, 2.45) is 0 Å². The minimum Gasteiger partial charge on any atom is -0.220 e. The van der Waals surface area contributed by atoms with Crippen LogP contribution in [0.5, 0.6) is 0 Å². The molecule has 0 atom stereocenters. The van der Waals surface area contributed by atoms with Gasteiger partial charge in [-0.15, -0.1) is 11.3 Å². The third-order valence-corrected chi connectivity index (χ3v) is 5.85. The van der Waals surface area contributed by atoms with Gasteiger partial charge in [-0.25, -0.2) is 9.97 Å². The molecule has 0 bridgehead atoms. The number of aromatic nitrogens is 2. The van der Waals surface area contributed by atoms with Crippen molar-refractivity contribution in [2.45, 2.75) is 24.3 Å². The van der Waals surface area contributed by atoms with Gasteiger partial charge in [0.15, 0.2) is 5.16 Å². The molecule has 0 N–H and O–H groups in total. The van der Waals surface area contributed by atoms with E-state index in [1.165, 1.54) is 11.1 Å². The number of benzene rings is 1. The van der Waals surface area contributed by atoms with E-state index >= 15 is 0 Å². The van der Waals surface area contributed by atoms with Crippen LogP contribution in [0.1, 0.15) is 23.6 Å². The second-order valence-corrected chi connectivity index (χ2v) is 7.71. The summed E-state index contributed by atoms with van der Waals surface area (Å²) < 4.78 is 0.549. The van der Waals surface area contributed by atoms with Crippen LogP contribution in [0.4, 0.5) is 0 Å². The van der Waals surface area contributed by atoms with Gasteiger partial charge in [-0.3, -0.25) is 0 Å². The summed E-state index contributed by atoms with van der Waals surface area (Å²) in [6.07, 6.45) is 1.03. The topological polar surface area (TPSA) is 49.6 Å². The molecule has 0 aliphatic heterocycles. The van der Waals surface area contributed by atoms with Gasteiger partial charge in [0.05, 0.1) is 4.88 Å². The lowest BCUT2D eigenvalue weighted by atomic mass is 10.1. The van der Waals surface area contributed by atoms with E-state index in [1.807, 2.05) is 17.5 Å². The first kappa shape index (κ1) is 17.2. The highest BCUT2D eigenvalue weighted by Crippen LogP contribution is 2.32. The Labute approximate surface area is 157 Å². The molecule has 0 fully saturated rings. The molecular weight excluding hydrogens is 402 g/mol. The van der Waals surface area contributed by atoms with E-state index in [0.29, 0.717) is 21.0 Å². The molecule has 0 saturated heterocycles. The predicted molar refractivity (Wildman–Crippen MR) is 103 cm³/mol. The Hall–Kier alpha value is -1.68. The number of thiophene rings is 1. The summed E-state index contributed by atoms with van der Waals surface area (Å²) in [5.41, 5.74) is 3.75. The summed E-state index contributed by atoms with van der Waals surface area (Å²) in [5.74, 6) is 0.802. The number of nitriles is 1. The molecule has 24 heavy (non-hydrogen) atoms. The zero-order chi connectivity index (χ0) is 16.9. The van der Waals surface area contributed by atoms with Gasteiger partial charge in [-0.2, -0.15) is 5.26 Å². The normalized spacial score (nSPS) is 10.5. The largest absolute Gasteiger partial charge is 0.220 e. The molecule has 6 heteroatoms. The maximum atomic E-state index is 9.39. The standard InChI is InChI=1S/C18H14BrN3S2/c1-2-12-5-3-6-13(9-12)11-24-18-21-16(15-7-4-8-23-15)14(10-20)17(19)22-18/h3-9H,2,11H2,1H3. The number of halogens is 1. The molecule has 0 aliphatic rings. The summed E-state index contributed by atoms with van der Waals surface area (Å²) in [6, 6.07) is 14.7. The summed E-state index contributed by atoms with van der Waals surface area (Å²) in [7, 11) is 0. The lowest BCUT2D eigenvalue weighted by Crippen LogP contribution is -1.97. The van der Waals surface area contributed by atoms with Crippen LogP contribution in [0.15, 0.2) is 51.5 Å². The fourth-order valence-electron chi connectivity index (χ4n) is 2.26. The van der Waals surface area contributed by atoms with E-state index in [2.05, 4.69) is 63.2 Å². The van der Waals surface area contributed by atoms with Gasteiger partial charge in [-0.1, -0.05) is 49.0 Å². The minimum atomic E-state index is 0.481. The average molecular weight is 416 g/mol. The van der Waals surface area contributed by atoms with E-state index in [1.54, 1.807) is 23.1 Å². The first-order chi connectivity index (χ1) is 11.7. The van der Waals surface area contributed by atoms with Gasteiger partial charge in [0, 0.05) is 5.75 Å². The number of hydrogen-bond donors (Lipinski definition) is 0. The highest BCUT2D eigenvalue weighted by atomic mass is 79.9. The third kappa shape index (κ3) is 3.86. The molecule has 120 valence electrons. The van der Waals surface area contributed by atoms with Gasteiger partial charge in [0.2, 0.25) is 0 Å². The Bertz CT molecular complexity index is 886. The van der Waals surface area contributed by atoms with Crippen LogP contribution in [0.25, 0.3) is 10.6 Å². The molecule has 3 nitrogen and oxygen atoms in total. The summed E-state index contributed by atoms with van der Waals surface area (Å²) >= 11 is 6.56. The van der Waals surface area contributed by atoms with E-state index in [0.717, 1.165) is 17.1 Å². The highest BCUT2D eigenvalue weighted by molar-refractivity contribution is 9.10. The van der Waals surface area contributed by atoms with Gasteiger partial charge >= 0.3 is 0 Å². The summed E-state index contributed by atoms with van der Waals surface area (Å²) in [5, 5.41) is 12.0. The number of nitrogens with zero attached hydrogens (tertiary/aromatic N) is 3. The Morgan fingerprint density at radius 2 is 2.04 bits per heavy atom. The quantitative estimate of drug-likeness (QED) is 0.304. The van der Waals surface area contributed by atoms with Crippen molar-refractivity contribution in [1.29, 1.82) is 5.26 Å². The van der Waals surface area contributed by atoms with Crippen molar-refractivity contribution in [2.75, 3.05) is 0 Å². The van der Waals surface area contributed by atoms with Crippen LogP contribution >= 0.6 is 39.0 Å². The third-order valence-electron chi connectivity index (χ3n) is 3.48. The molecule has 0 aliphatic carbocycles. The Kier molecular flexibility index (Phi) is 5.67. The number of hydrogen-bond acceptors (Lipinski definition) is 5. The maximum absolute atomic E-state index is 9.39. The number of thioether (sulfide) groups is 1. The van der Waals surface area contributed by atoms with Gasteiger partial charge in [0.1, 0.15) is 21.9 Å². The number of aryl methyl sites for hydroxylation is 1. The van der Waals surface area contributed by atoms with Crippen LogP contribution in [0, 0.1) is 11.3 Å². The van der Waals surface area contributed by atoms with Crippen molar-refractivity contribution in [1.82, 2.24) is 9.97 Å². The van der Waals surface area contributed by atoms with Crippen molar-refractivity contribution in [3.05, 3.63) is 63.1 Å². The summed E-state index contributed by atoms with van der Waals surface area (Å²) in [6.45, 7) is 2.15. The van der Waals surface area contributed by atoms with Crippen molar-refractivity contribution in [3.63, 3.8) is 0 Å². The van der Waals surface area contributed by atoms with Gasteiger partial charge in [0.25, 0.3) is 0 Å². The lowest BCUT2D eigenvalue weighted by Gasteiger charge is -2.07. The molecule has 2 aromatic heterocycles. The SMILES string of the molecule is CCc1cccc(CSc2nc(Br)c(C#N)c(-c3cccs3)n2)c1. The fraction of sp³-hybridized carbons (Fsp3) is 0.167. The Morgan fingerprint density at radius 1 is 1.21 bits per heavy atom. The molecule has 3 aromatic rings. The zero-order valence-electron chi connectivity index (χ0n) is 13.0. The van der Waals surface area contributed by atoms with Crippen LogP contribution in [0.2, 0.25) is 0 Å². The molecule has 1 aromatic carbocycles. The average Bonchev–Trinajstić information content (AvgIpc) is 3.14. The van der Waals surface area contributed by atoms with E-state index in [-0.39, 0.29) is 0 Å². The monoisotopic (exact) mass is 415 g/mol. The summed E-state index contributed by atoms with van der Waals surface area (Å²) in [4.78, 5) is 10.0. The maximum Gasteiger partial charge on any atom is 0.189 e. The molecule has 0 radical (unpaired) electrons. The minimum absolute atomic E-state index is 0.481. The number of rotatable bonds is 5. The predicted octanol–water partition coefficient (Wildman–Crippen LogP) is 5.69. The fourth-order valence-corrected chi connectivity index (χ4v) is 4.33. The zero-order valence-corrected chi connectivity index (χ0v) is 16.2. The lowest BCUT2D eigenvalue weighted by molar-refractivity contribution is 0.948. The first-order valence-electron chi connectivity index (χ1n) is 7.43. The van der Waals surface area contributed by atoms with Crippen molar-refractivity contribution < 1.29 is 0 Å². The Morgan fingerprint density at radius 3 is 2.75 bits per heavy atom. The smallest absolute Gasteiger partial charge is 0.189 e. The second kappa shape index (κ2) is 7.93. The van der Waals surface area contributed by atoms with Crippen LogP contribution in [-0.4, -0.2) is 9.97 Å². The molecular formula is C18H14BrN3S2. The van der Waals surface area contributed by atoms with E-state index in [9.17, 15) is 5.26 Å². The first-order valence-corrected chi connectivity index (χ1v) is 10.1. The molecule has 0 saturated carbocycles. The molecule has 0 spiro atoms. The van der Waals surface area contributed by atoms with Gasteiger partial charge in [-0.05, 0) is 44.9 Å². The Balaban J connectivity index is 1.87. The molecule has 0 amide bonds. The molecule has 0 unspecified atom stereocenters. The molecule has 3 rings (SSSR count).